The molecule has 132 valence electrons. The van der Waals surface area contributed by atoms with Crippen LogP contribution in [0.15, 0.2) is 28.7 Å². The molecular formula is C21H25NO3. The second kappa shape index (κ2) is 6.34. The monoisotopic (exact) mass is 339 g/mol. The Bertz CT molecular complexity index is 799. The third-order valence-electron chi connectivity index (χ3n) is 5.76. The molecule has 2 bridgehead atoms. The molecule has 0 spiro atoms. The van der Waals surface area contributed by atoms with Gasteiger partial charge >= 0.3 is 0 Å². The first-order valence-corrected chi connectivity index (χ1v) is 9.09. The average molecular weight is 339 g/mol. The number of Topliss-reactive ketones (excluding diaryl/α,β-unsaturated/α-hetero) is 1. The van der Waals surface area contributed by atoms with Crippen molar-refractivity contribution in [2.24, 2.45) is 11.8 Å². The lowest BCUT2D eigenvalue weighted by molar-refractivity contribution is 0.0399. The largest absolute Gasteiger partial charge is 0.496 e. The van der Waals surface area contributed by atoms with Gasteiger partial charge in [-0.15, -0.1) is 0 Å². The second-order valence-corrected chi connectivity index (χ2v) is 7.44. The van der Waals surface area contributed by atoms with Gasteiger partial charge in [0.2, 0.25) is 5.78 Å². The normalized spacial score (nSPS) is 25.2. The van der Waals surface area contributed by atoms with Gasteiger partial charge in [-0.3, -0.25) is 4.79 Å². The maximum atomic E-state index is 13.0. The zero-order chi connectivity index (χ0) is 17.6. The van der Waals surface area contributed by atoms with E-state index in [9.17, 15) is 4.79 Å². The summed E-state index contributed by atoms with van der Waals surface area (Å²) in [7, 11) is 1.66. The molecule has 5 rings (SSSR count). The predicted molar refractivity (Wildman–Crippen MR) is 97.2 cm³/mol. The van der Waals surface area contributed by atoms with Gasteiger partial charge in [-0.25, -0.2) is 0 Å². The summed E-state index contributed by atoms with van der Waals surface area (Å²) in [5, 5.41) is 0. The second-order valence-electron chi connectivity index (χ2n) is 7.44. The average Bonchev–Trinajstić information content (AvgIpc) is 3.03. The molecule has 0 radical (unpaired) electrons. The number of methoxy groups -OCH3 is 1. The van der Waals surface area contributed by atoms with Gasteiger partial charge in [-0.2, -0.15) is 0 Å². The SMILES string of the molecule is COc1cc(C)ccc1-c1oc(C(=O)C2CN3CCC2CC3)cc1C. The van der Waals surface area contributed by atoms with Crippen molar-refractivity contribution in [1.82, 2.24) is 4.90 Å². The van der Waals surface area contributed by atoms with Gasteiger partial charge in [0, 0.05) is 12.5 Å². The Kier molecular flexibility index (Phi) is 4.16. The smallest absolute Gasteiger partial charge is 0.202 e. The minimum Gasteiger partial charge on any atom is -0.496 e. The number of fused-ring (bicyclic) bond motifs is 3. The van der Waals surface area contributed by atoms with Crippen LogP contribution in [0.1, 0.15) is 34.5 Å². The molecule has 0 aliphatic carbocycles. The van der Waals surface area contributed by atoms with Crippen LogP contribution in [0.5, 0.6) is 5.75 Å². The fourth-order valence-electron chi connectivity index (χ4n) is 4.30. The molecule has 1 aromatic carbocycles. The standard InChI is InChI=1S/C21H25NO3/c1-13-4-5-16(18(10-13)24-3)21-14(2)11-19(25-21)20(23)17-12-22-8-6-15(17)7-9-22/h4-5,10-11,15,17H,6-9,12H2,1-3H3. The molecule has 0 N–H and O–H groups in total. The van der Waals surface area contributed by atoms with Crippen molar-refractivity contribution in [3.05, 3.63) is 41.2 Å². The predicted octanol–water partition coefficient (Wildman–Crippen LogP) is 4.10. The van der Waals surface area contributed by atoms with Gasteiger partial charge in [-0.05, 0) is 75.0 Å². The molecule has 0 saturated carbocycles. The first kappa shape index (κ1) is 16.4. The Hall–Kier alpha value is -2.07. The summed E-state index contributed by atoms with van der Waals surface area (Å²) in [6.45, 7) is 7.18. The van der Waals surface area contributed by atoms with Crippen molar-refractivity contribution in [3.63, 3.8) is 0 Å². The number of hydrogen-bond acceptors (Lipinski definition) is 4. The summed E-state index contributed by atoms with van der Waals surface area (Å²) in [6.07, 6.45) is 2.27. The number of carbonyl (C=O) groups is 1. The van der Waals surface area contributed by atoms with Crippen molar-refractivity contribution in [1.29, 1.82) is 0 Å². The molecule has 3 fully saturated rings. The lowest BCUT2D eigenvalue weighted by Crippen LogP contribution is -2.50. The number of furan rings is 1. The third kappa shape index (κ3) is 2.89. The summed E-state index contributed by atoms with van der Waals surface area (Å²) in [5.41, 5.74) is 3.01. The number of rotatable bonds is 4. The molecule has 3 aliphatic rings. The first-order chi connectivity index (χ1) is 12.1. The number of hydrogen-bond donors (Lipinski definition) is 0. The van der Waals surface area contributed by atoms with E-state index in [1.165, 1.54) is 0 Å². The molecule has 1 aromatic heterocycles. The summed E-state index contributed by atoms with van der Waals surface area (Å²) in [4.78, 5) is 15.4. The van der Waals surface area contributed by atoms with E-state index >= 15 is 0 Å². The highest BCUT2D eigenvalue weighted by atomic mass is 16.5. The van der Waals surface area contributed by atoms with E-state index in [4.69, 9.17) is 9.15 Å². The Balaban J connectivity index is 1.66. The zero-order valence-electron chi connectivity index (χ0n) is 15.2. The first-order valence-electron chi connectivity index (χ1n) is 9.09. The third-order valence-corrected chi connectivity index (χ3v) is 5.76. The summed E-state index contributed by atoms with van der Waals surface area (Å²) in [6, 6.07) is 7.93. The Morgan fingerprint density at radius 3 is 2.60 bits per heavy atom. The number of nitrogens with zero attached hydrogens (tertiary/aromatic N) is 1. The van der Waals surface area contributed by atoms with Crippen LogP contribution < -0.4 is 4.74 Å². The maximum Gasteiger partial charge on any atom is 0.202 e. The van der Waals surface area contributed by atoms with Gasteiger partial charge in [-0.1, -0.05) is 6.07 Å². The van der Waals surface area contributed by atoms with E-state index in [-0.39, 0.29) is 11.7 Å². The van der Waals surface area contributed by atoms with Crippen molar-refractivity contribution >= 4 is 5.78 Å². The molecule has 1 atom stereocenters. The molecule has 25 heavy (non-hydrogen) atoms. The van der Waals surface area contributed by atoms with Crippen molar-refractivity contribution in [2.75, 3.05) is 26.7 Å². The fourth-order valence-corrected chi connectivity index (χ4v) is 4.30. The number of aryl methyl sites for hydroxylation is 2. The van der Waals surface area contributed by atoms with E-state index in [1.54, 1.807) is 7.11 Å². The van der Waals surface area contributed by atoms with Crippen LogP contribution in [0.2, 0.25) is 0 Å². The summed E-state index contributed by atoms with van der Waals surface area (Å²) < 4.78 is 11.6. The number of ether oxygens (including phenoxy) is 1. The highest BCUT2D eigenvalue weighted by molar-refractivity contribution is 5.97. The minimum atomic E-state index is 0.0841. The van der Waals surface area contributed by atoms with Crippen LogP contribution >= 0.6 is 0 Å². The van der Waals surface area contributed by atoms with E-state index in [0.29, 0.717) is 11.7 Å². The van der Waals surface area contributed by atoms with E-state index in [0.717, 1.165) is 60.7 Å². The Labute approximate surface area is 148 Å². The zero-order valence-corrected chi connectivity index (χ0v) is 15.2. The molecule has 1 unspecified atom stereocenters. The quantitative estimate of drug-likeness (QED) is 0.787. The van der Waals surface area contributed by atoms with E-state index < -0.39 is 0 Å². The van der Waals surface area contributed by atoms with Crippen molar-refractivity contribution < 1.29 is 13.9 Å². The van der Waals surface area contributed by atoms with Crippen LogP contribution in [-0.2, 0) is 0 Å². The highest BCUT2D eigenvalue weighted by Crippen LogP contribution is 2.38. The molecule has 4 heteroatoms. The lowest BCUT2D eigenvalue weighted by Gasteiger charge is -2.43. The van der Waals surface area contributed by atoms with Crippen LogP contribution in [0.3, 0.4) is 0 Å². The fraction of sp³-hybridized carbons (Fsp3) is 0.476. The van der Waals surface area contributed by atoms with Crippen LogP contribution in [-0.4, -0.2) is 37.4 Å². The summed E-state index contributed by atoms with van der Waals surface area (Å²) in [5.74, 6) is 2.77. The van der Waals surface area contributed by atoms with Crippen molar-refractivity contribution in [2.45, 2.75) is 26.7 Å². The maximum absolute atomic E-state index is 13.0. The molecule has 0 amide bonds. The molecule has 4 heterocycles. The molecule has 2 aromatic rings. The molecule has 3 aliphatic heterocycles. The number of carbonyl (C=O) groups excluding carboxylic acids is 1. The van der Waals surface area contributed by atoms with Crippen molar-refractivity contribution in [3.8, 4) is 17.1 Å². The minimum absolute atomic E-state index is 0.0841. The summed E-state index contributed by atoms with van der Waals surface area (Å²) >= 11 is 0. The number of benzene rings is 1. The Morgan fingerprint density at radius 1 is 1.20 bits per heavy atom. The molecular weight excluding hydrogens is 314 g/mol. The van der Waals surface area contributed by atoms with Gasteiger partial charge in [0.25, 0.3) is 0 Å². The van der Waals surface area contributed by atoms with Crippen LogP contribution in [0, 0.1) is 25.7 Å². The van der Waals surface area contributed by atoms with Gasteiger partial charge in [0.05, 0.1) is 12.7 Å². The van der Waals surface area contributed by atoms with Gasteiger partial charge in [0.1, 0.15) is 11.5 Å². The van der Waals surface area contributed by atoms with E-state index in [2.05, 4.69) is 4.90 Å². The van der Waals surface area contributed by atoms with E-state index in [1.807, 2.05) is 38.1 Å². The van der Waals surface area contributed by atoms with Crippen LogP contribution in [0.4, 0.5) is 0 Å². The molecule has 3 saturated heterocycles. The number of piperidine rings is 3. The van der Waals surface area contributed by atoms with Crippen LogP contribution in [0.25, 0.3) is 11.3 Å². The van der Waals surface area contributed by atoms with Gasteiger partial charge < -0.3 is 14.1 Å². The Morgan fingerprint density at radius 2 is 1.96 bits per heavy atom. The molecule has 4 nitrogen and oxygen atoms in total. The number of ketones is 1. The lowest BCUT2D eigenvalue weighted by atomic mass is 9.76. The van der Waals surface area contributed by atoms with Gasteiger partial charge in [0.15, 0.2) is 5.76 Å². The highest BCUT2D eigenvalue weighted by Gasteiger charge is 2.39. The topological polar surface area (TPSA) is 42.7 Å².